The number of amides is 1. The molecule has 0 atom stereocenters. The lowest BCUT2D eigenvalue weighted by molar-refractivity contribution is -0.137. The highest BCUT2D eigenvalue weighted by Crippen LogP contribution is 2.04. The highest BCUT2D eigenvalue weighted by Gasteiger charge is 1.98. The van der Waals surface area contributed by atoms with Crippen LogP contribution >= 0.6 is 0 Å². The number of benzene rings is 1. The number of carbonyl (C=O) groups is 2. The van der Waals surface area contributed by atoms with Crippen LogP contribution in [0.15, 0.2) is 30.3 Å². The number of hydrogen-bond acceptors (Lipinski definition) is 2. The SMILES string of the molecule is O=C(O)CCCNC(=O)C=Cc1cccc(F)c1. The van der Waals surface area contributed by atoms with Crippen LogP contribution in [0.25, 0.3) is 6.08 Å². The molecule has 0 spiro atoms. The molecule has 0 aromatic heterocycles. The van der Waals surface area contributed by atoms with Crippen molar-refractivity contribution in [2.45, 2.75) is 12.8 Å². The standard InChI is InChI=1S/C13H14FNO3/c14-11-4-1-3-10(9-11)6-7-12(16)15-8-2-5-13(17)18/h1,3-4,6-7,9H,2,5,8H2,(H,15,16)(H,17,18). The topological polar surface area (TPSA) is 66.4 Å². The minimum Gasteiger partial charge on any atom is -0.481 e. The van der Waals surface area contributed by atoms with E-state index in [4.69, 9.17) is 5.11 Å². The molecule has 0 fully saturated rings. The van der Waals surface area contributed by atoms with Crippen molar-refractivity contribution in [2.24, 2.45) is 0 Å². The third-order valence-corrected chi connectivity index (χ3v) is 2.14. The molecule has 0 bridgehead atoms. The van der Waals surface area contributed by atoms with Crippen molar-refractivity contribution in [1.82, 2.24) is 5.32 Å². The molecule has 1 aromatic carbocycles. The van der Waals surface area contributed by atoms with Crippen LogP contribution < -0.4 is 5.32 Å². The van der Waals surface area contributed by atoms with Crippen molar-refractivity contribution in [1.29, 1.82) is 0 Å². The van der Waals surface area contributed by atoms with Crippen LogP contribution in [0.2, 0.25) is 0 Å². The van der Waals surface area contributed by atoms with Crippen molar-refractivity contribution in [3.63, 3.8) is 0 Å². The van der Waals surface area contributed by atoms with E-state index in [1.54, 1.807) is 12.1 Å². The second-order valence-electron chi connectivity index (χ2n) is 3.68. The van der Waals surface area contributed by atoms with Gasteiger partial charge < -0.3 is 10.4 Å². The molecule has 0 radical (unpaired) electrons. The highest BCUT2D eigenvalue weighted by molar-refractivity contribution is 5.91. The van der Waals surface area contributed by atoms with Crippen molar-refractivity contribution in [3.8, 4) is 0 Å². The maximum Gasteiger partial charge on any atom is 0.303 e. The molecule has 0 heterocycles. The second-order valence-corrected chi connectivity index (χ2v) is 3.68. The number of carboxylic acids is 1. The van der Waals surface area contributed by atoms with E-state index >= 15 is 0 Å². The number of carbonyl (C=O) groups excluding carboxylic acids is 1. The molecule has 0 saturated carbocycles. The van der Waals surface area contributed by atoms with Gasteiger partial charge in [-0.1, -0.05) is 12.1 Å². The van der Waals surface area contributed by atoms with Gasteiger partial charge in [-0.25, -0.2) is 4.39 Å². The van der Waals surface area contributed by atoms with E-state index < -0.39 is 5.97 Å². The van der Waals surface area contributed by atoms with Gasteiger partial charge in [-0.15, -0.1) is 0 Å². The first kappa shape index (κ1) is 13.9. The van der Waals surface area contributed by atoms with Crippen LogP contribution in [0.5, 0.6) is 0 Å². The van der Waals surface area contributed by atoms with Gasteiger partial charge in [0.25, 0.3) is 0 Å². The van der Waals surface area contributed by atoms with Crippen molar-refractivity contribution < 1.29 is 19.1 Å². The molecule has 4 nitrogen and oxygen atoms in total. The average Bonchev–Trinajstić information content (AvgIpc) is 2.32. The van der Waals surface area contributed by atoms with Crippen LogP contribution in [-0.2, 0) is 9.59 Å². The Morgan fingerprint density at radius 3 is 2.83 bits per heavy atom. The largest absolute Gasteiger partial charge is 0.481 e. The van der Waals surface area contributed by atoms with Crippen LogP contribution in [0.3, 0.4) is 0 Å². The second kappa shape index (κ2) is 7.21. The fourth-order valence-corrected chi connectivity index (χ4v) is 1.29. The smallest absolute Gasteiger partial charge is 0.303 e. The average molecular weight is 251 g/mol. The first-order chi connectivity index (χ1) is 8.58. The molecule has 0 aliphatic rings. The number of aliphatic carboxylic acids is 1. The predicted molar refractivity (Wildman–Crippen MR) is 65.3 cm³/mol. The van der Waals surface area contributed by atoms with E-state index in [9.17, 15) is 14.0 Å². The summed E-state index contributed by atoms with van der Waals surface area (Å²) in [7, 11) is 0. The van der Waals surface area contributed by atoms with Gasteiger partial charge in [0.05, 0.1) is 0 Å². The molecule has 0 aliphatic carbocycles. The van der Waals surface area contributed by atoms with E-state index in [2.05, 4.69) is 5.32 Å². The third-order valence-electron chi connectivity index (χ3n) is 2.14. The number of carboxylic acid groups (broad SMARTS) is 1. The number of rotatable bonds is 6. The summed E-state index contributed by atoms with van der Waals surface area (Å²) in [6.07, 6.45) is 3.19. The molecule has 1 amide bonds. The molecule has 0 unspecified atom stereocenters. The van der Waals surface area contributed by atoms with Gasteiger partial charge in [0.1, 0.15) is 5.82 Å². The Hall–Kier alpha value is -2.17. The summed E-state index contributed by atoms with van der Waals surface area (Å²) < 4.78 is 12.8. The third kappa shape index (κ3) is 5.79. The monoisotopic (exact) mass is 251 g/mol. The molecule has 18 heavy (non-hydrogen) atoms. The Labute approximate surface area is 104 Å². The van der Waals surface area contributed by atoms with Gasteiger partial charge >= 0.3 is 5.97 Å². The molecule has 0 saturated heterocycles. The van der Waals surface area contributed by atoms with Crippen LogP contribution in [0, 0.1) is 5.82 Å². The molecule has 2 N–H and O–H groups in total. The van der Waals surface area contributed by atoms with Gasteiger partial charge in [0.15, 0.2) is 0 Å². The lowest BCUT2D eigenvalue weighted by Gasteiger charge is -1.99. The zero-order chi connectivity index (χ0) is 13.4. The van der Waals surface area contributed by atoms with Gasteiger partial charge in [-0.05, 0) is 30.2 Å². The maximum atomic E-state index is 12.8. The van der Waals surface area contributed by atoms with E-state index in [0.717, 1.165) is 0 Å². The van der Waals surface area contributed by atoms with E-state index in [1.165, 1.54) is 24.3 Å². The predicted octanol–water partition coefficient (Wildman–Crippen LogP) is 1.82. The summed E-state index contributed by atoms with van der Waals surface area (Å²) in [6.45, 7) is 0.304. The zero-order valence-corrected chi connectivity index (χ0v) is 9.73. The quantitative estimate of drug-likeness (QED) is 0.598. The number of nitrogens with one attached hydrogen (secondary N) is 1. The Balaban J connectivity index is 2.33. The van der Waals surface area contributed by atoms with Crippen LogP contribution in [0.4, 0.5) is 4.39 Å². The van der Waals surface area contributed by atoms with Crippen LogP contribution in [-0.4, -0.2) is 23.5 Å². The van der Waals surface area contributed by atoms with E-state index in [-0.39, 0.29) is 18.1 Å². The maximum absolute atomic E-state index is 12.8. The fourth-order valence-electron chi connectivity index (χ4n) is 1.29. The molecule has 1 aromatic rings. The van der Waals surface area contributed by atoms with Crippen molar-refractivity contribution in [2.75, 3.05) is 6.54 Å². The fraction of sp³-hybridized carbons (Fsp3) is 0.231. The van der Waals surface area contributed by atoms with Crippen molar-refractivity contribution >= 4 is 18.0 Å². The normalized spacial score (nSPS) is 10.5. The van der Waals surface area contributed by atoms with Crippen molar-refractivity contribution in [3.05, 3.63) is 41.7 Å². The van der Waals surface area contributed by atoms with E-state index in [1.807, 2.05) is 0 Å². The number of hydrogen-bond donors (Lipinski definition) is 2. The summed E-state index contributed by atoms with van der Waals surface area (Å²) in [5, 5.41) is 10.9. The Morgan fingerprint density at radius 2 is 2.17 bits per heavy atom. The molecule has 96 valence electrons. The Bertz CT molecular complexity index is 457. The summed E-state index contributed by atoms with van der Waals surface area (Å²) in [5.41, 5.74) is 0.593. The van der Waals surface area contributed by atoms with Gasteiger partial charge in [0, 0.05) is 19.0 Å². The minimum atomic E-state index is -0.889. The molecular weight excluding hydrogens is 237 g/mol. The van der Waals surface area contributed by atoms with Gasteiger partial charge in [-0.2, -0.15) is 0 Å². The molecule has 5 heteroatoms. The lowest BCUT2D eigenvalue weighted by Crippen LogP contribution is -2.22. The molecule has 1 rings (SSSR count). The molecule has 0 aliphatic heterocycles. The summed E-state index contributed by atoms with van der Waals surface area (Å²) in [4.78, 5) is 21.5. The summed E-state index contributed by atoms with van der Waals surface area (Å²) in [5.74, 6) is -1.58. The van der Waals surface area contributed by atoms with Gasteiger partial charge in [-0.3, -0.25) is 9.59 Å². The molecular formula is C13H14FNO3. The van der Waals surface area contributed by atoms with Crippen LogP contribution in [0.1, 0.15) is 18.4 Å². The Morgan fingerprint density at radius 1 is 1.39 bits per heavy atom. The first-order valence-corrected chi connectivity index (χ1v) is 5.51. The highest BCUT2D eigenvalue weighted by atomic mass is 19.1. The minimum absolute atomic E-state index is 0.0217. The Kier molecular flexibility index (Phi) is 5.57. The van der Waals surface area contributed by atoms with Gasteiger partial charge in [0.2, 0.25) is 5.91 Å². The summed E-state index contributed by atoms with van der Waals surface area (Å²) in [6, 6.07) is 5.87. The summed E-state index contributed by atoms with van der Waals surface area (Å²) >= 11 is 0. The van der Waals surface area contributed by atoms with E-state index in [0.29, 0.717) is 18.5 Å². The first-order valence-electron chi connectivity index (χ1n) is 5.51. The lowest BCUT2D eigenvalue weighted by atomic mass is 10.2. The zero-order valence-electron chi connectivity index (χ0n) is 9.73. The number of halogens is 1.